The highest BCUT2D eigenvalue weighted by molar-refractivity contribution is 5.66. The molecule has 1 saturated carbocycles. The van der Waals surface area contributed by atoms with Gasteiger partial charge in [-0.2, -0.15) is 0 Å². The molecule has 36 heavy (non-hydrogen) atoms. The van der Waals surface area contributed by atoms with Gasteiger partial charge in [0.15, 0.2) is 5.76 Å². The van der Waals surface area contributed by atoms with Crippen molar-refractivity contribution in [2.45, 2.75) is 31.9 Å². The maximum Gasteiger partial charge on any atom is 0.303 e. The summed E-state index contributed by atoms with van der Waals surface area (Å²) in [5.74, 6) is 8.88. The maximum atomic E-state index is 10.7. The van der Waals surface area contributed by atoms with Gasteiger partial charge in [-0.1, -0.05) is 17.0 Å². The highest BCUT2D eigenvalue weighted by Crippen LogP contribution is 2.51. The van der Waals surface area contributed by atoms with Gasteiger partial charge in [0.2, 0.25) is 0 Å². The predicted molar refractivity (Wildman–Crippen MR) is 133 cm³/mol. The molecule has 2 aromatic heterocycles. The van der Waals surface area contributed by atoms with Gasteiger partial charge in [0.1, 0.15) is 17.6 Å². The standard InChI is InChI=1S/C27H31N5O4/c1-17(33)27-29-10-12-32(27)24(14-28)23-13-25(36-30-23)19-7-4-18(5-8-19)6-9-20-21-15-31(16-22(20)21)11-2-3-26(34)35/h4-5,7-8,10,12-13,17,20-22,24,33H,2-3,11,14-16,28H2,1H3,(H,34,35)/t17-,20?,21?,22?,24+/m0/s1. The molecule has 9 heteroatoms. The first kappa shape index (κ1) is 24.3. The van der Waals surface area contributed by atoms with Gasteiger partial charge in [0.05, 0.1) is 6.04 Å². The Morgan fingerprint density at radius 2 is 2.03 bits per heavy atom. The number of aliphatic hydroxyl groups excluding tert-OH is 1. The molecule has 0 radical (unpaired) electrons. The third-order valence-corrected chi connectivity index (χ3v) is 7.19. The Labute approximate surface area is 209 Å². The molecule has 4 atom stereocenters. The van der Waals surface area contributed by atoms with Gasteiger partial charge in [-0.3, -0.25) is 4.79 Å². The quantitative estimate of drug-likeness (QED) is 0.391. The second kappa shape index (κ2) is 10.3. The van der Waals surface area contributed by atoms with Crippen LogP contribution in [0.5, 0.6) is 0 Å². The number of fused-ring (bicyclic) bond motifs is 1. The monoisotopic (exact) mass is 489 g/mol. The van der Waals surface area contributed by atoms with Crippen molar-refractivity contribution in [2.75, 3.05) is 26.2 Å². The summed E-state index contributed by atoms with van der Waals surface area (Å²) >= 11 is 0. The Morgan fingerprint density at radius 1 is 1.28 bits per heavy atom. The molecule has 1 aliphatic carbocycles. The Bertz CT molecular complexity index is 1260. The number of aliphatic hydroxyl groups is 1. The Hall–Kier alpha value is -3.45. The van der Waals surface area contributed by atoms with Gasteiger partial charge < -0.3 is 29.9 Å². The number of aliphatic carboxylic acids is 1. The van der Waals surface area contributed by atoms with Gasteiger partial charge in [-0.25, -0.2) is 4.98 Å². The second-order valence-corrected chi connectivity index (χ2v) is 9.69. The van der Waals surface area contributed by atoms with E-state index in [1.165, 1.54) is 0 Å². The lowest BCUT2D eigenvalue weighted by Gasteiger charge is -2.17. The van der Waals surface area contributed by atoms with Crippen LogP contribution in [0.1, 0.15) is 49.0 Å². The van der Waals surface area contributed by atoms with Crippen molar-refractivity contribution in [2.24, 2.45) is 23.5 Å². The summed E-state index contributed by atoms with van der Waals surface area (Å²) in [5, 5.41) is 23.0. The lowest BCUT2D eigenvalue weighted by atomic mass is 10.1. The van der Waals surface area contributed by atoms with Crippen LogP contribution in [-0.4, -0.2) is 62.0 Å². The van der Waals surface area contributed by atoms with Crippen molar-refractivity contribution in [1.82, 2.24) is 19.6 Å². The van der Waals surface area contributed by atoms with E-state index in [4.69, 9.17) is 15.4 Å². The zero-order valence-electron chi connectivity index (χ0n) is 20.2. The van der Waals surface area contributed by atoms with Gasteiger partial charge >= 0.3 is 5.97 Å². The number of likely N-dealkylation sites (tertiary alicyclic amines) is 1. The highest BCUT2D eigenvalue weighted by atomic mass is 16.5. The zero-order valence-corrected chi connectivity index (χ0v) is 20.2. The number of hydrogen-bond acceptors (Lipinski definition) is 7. The summed E-state index contributed by atoms with van der Waals surface area (Å²) < 4.78 is 7.43. The number of carboxylic acid groups (broad SMARTS) is 1. The van der Waals surface area contributed by atoms with E-state index in [1.54, 1.807) is 19.3 Å². The lowest BCUT2D eigenvalue weighted by molar-refractivity contribution is -0.137. The van der Waals surface area contributed by atoms with E-state index >= 15 is 0 Å². The smallest absolute Gasteiger partial charge is 0.303 e. The van der Waals surface area contributed by atoms with E-state index in [-0.39, 0.29) is 12.5 Å². The lowest BCUT2D eigenvalue weighted by Crippen LogP contribution is -2.25. The summed E-state index contributed by atoms with van der Waals surface area (Å²) in [4.78, 5) is 17.3. The summed E-state index contributed by atoms with van der Waals surface area (Å²) in [6.45, 7) is 4.87. The summed E-state index contributed by atoms with van der Waals surface area (Å²) in [6.07, 6.45) is 3.66. The third-order valence-electron chi connectivity index (χ3n) is 7.19. The van der Waals surface area contributed by atoms with Crippen molar-refractivity contribution in [3.05, 3.63) is 59.8 Å². The molecule has 5 rings (SSSR count). The topological polar surface area (TPSA) is 131 Å². The molecule has 188 valence electrons. The molecule has 3 heterocycles. The van der Waals surface area contributed by atoms with Gasteiger partial charge in [-0.15, -0.1) is 0 Å². The molecule has 1 saturated heterocycles. The molecular formula is C27H31N5O4. The number of nitrogens with two attached hydrogens (primary N) is 1. The third kappa shape index (κ3) is 5.07. The van der Waals surface area contributed by atoms with E-state index in [2.05, 4.69) is 26.9 Å². The van der Waals surface area contributed by atoms with Crippen molar-refractivity contribution >= 4 is 5.97 Å². The molecule has 0 amide bonds. The number of benzene rings is 1. The van der Waals surface area contributed by atoms with E-state index < -0.39 is 12.1 Å². The van der Waals surface area contributed by atoms with Crippen LogP contribution in [0, 0.1) is 29.6 Å². The fourth-order valence-electron chi connectivity index (χ4n) is 5.22. The molecule has 4 N–H and O–H groups in total. The SMILES string of the molecule is C[C@H](O)c1nccn1[C@H](CN)c1cc(-c2ccc(C#CC3C4CN(CCCC(=O)O)CC34)cc2)on1. The minimum Gasteiger partial charge on any atom is -0.481 e. The van der Waals surface area contributed by atoms with Crippen molar-refractivity contribution in [1.29, 1.82) is 0 Å². The summed E-state index contributed by atoms with van der Waals surface area (Å²) in [7, 11) is 0. The first-order valence-electron chi connectivity index (χ1n) is 12.4. The molecule has 0 spiro atoms. The number of imidazole rings is 1. The Kier molecular flexibility index (Phi) is 6.92. The predicted octanol–water partition coefficient (Wildman–Crippen LogP) is 2.53. The van der Waals surface area contributed by atoms with E-state index in [0.29, 0.717) is 48.0 Å². The van der Waals surface area contributed by atoms with Gasteiger partial charge in [0.25, 0.3) is 0 Å². The number of rotatable bonds is 9. The Morgan fingerprint density at radius 3 is 2.69 bits per heavy atom. The number of carbonyl (C=O) groups is 1. The second-order valence-electron chi connectivity index (χ2n) is 9.69. The normalized spacial score (nSPS) is 22.5. The van der Waals surface area contributed by atoms with Gasteiger partial charge in [0, 0.05) is 61.6 Å². The van der Waals surface area contributed by atoms with Gasteiger partial charge in [-0.05, 0) is 56.0 Å². The van der Waals surface area contributed by atoms with Crippen LogP contribution < -0.4 is 5.73 Å². The number of aromatic nitrogens is 3. The molecule has 1 aliphatic heterocycles. The molecular weight excluding hydrogens is 458 g/mol. The van der Waals surface area contributed by atoms with Crippen LogP contribution in [0.25, 0.3) is 11.3 Å². The minimum atomic E-state index is -0.724. The average molecular weight is 490 g/mol. The van der Waals surface area contributed by atoms with Crippen molar-refractivity contribution in [3.63, 3.8) is 0 Å². The molecule has 9 nitrogen and oxygen atoms in total. The summed E-state index contributed by atoms with van der Waals surface area (Å²) in [6, 6.07) is 9.51. The molecule has 2 aliphatic rings. The zero-order chi connectivity index (χ0) is 25.2. The number of carboxylic acids is 1. The van der Waals surface area contributed by atoms with Crippen molar-refractivity contribution in [3.8, 4) is 23.2 Å². The van der Waals surface area contributed by atoms with Crippen LogP contribution >= 0.6 is 0 Å². The molecule has 1 aromatic carbocycles. The van der Waals surface area contributed by atoms with Crippen LogP contribution in [-0.2, 0) is 4.79 Å². The minimum absolute atomic E-state index is 0.239. The van der Waals surface area contributed by atoms with E-state index in [9.17, 15) is 9.90 Å². The molecule has 3 aromatic rings. The maximum absolute atomic E-state index is 10.7. The average Bonchev–Trinajstić information content (AvgIpc) is 3.36. The first-order valence-corrected chi connectivity index (χ1v) is 12.4. The van der Waals surface area contributed by atoms with E-state index in [0.717, 1.165) is 30.8 Å². The van der Waals surface area contributed by atoms with E-state index in [1.807, 2.05) is 34.9 Å². The largest absolute Gasteiger partial charge is 0.481 e. The summed E-state index contributed by atoms with van der Waals surface area (Å²) in [5.41, 5.74) is 8.55. The number of piperidine rings is 1. The molecule has 2 unspecified atom stereocenters. The fourth-order valence-corrected chi connectivity index (χ4v) is 5.22. The number of hydrogen-bond donors (Lipinski definition) is 3. The number of nitrogens with zero attached hydrogens (tertiary/aromatic N) is 4. The van der Waals surface area contributed by atoms with Crippen molar-refractivity contribution < 1.29 is 19.5 Å². The Balaban J connectivity index is 1.18. The molecule has 0 bridgehead atoms. The van der Waals surface area contributed by atoms with Crippen LogP contribution in [0.15, 0.2) is 47.2 Å². The van der Waals surface area contributed by atoms with Crippen LogP contribution in [0.4, 0.5) is 0 Å². The van der Waals surface area contributed by atoms with Crippen LogP contribution in [0.2, 0.25) is 0 Å². The van der Waals surface area contributed by atoms with Crippen LogP contribution in [0.3, 0.4) is 0 Å². The highest BCUT2D eigenvalue weighted by Gasteiger charge is 2.54. The molecule has 2 fully saturated rings. The first-order chi connectivity index (χ1) is 17.4. The fraction of sp³-hybridized carbons (Fsp3) is 0.444.